The van der Waals surface area contributed by atoms with Gasteiger partial charge in [0.15, 0.2) is 0 Å². The Hall–Kier alpha value is -0.420. The van der Waals surface area contributed by atoms with E-state index in [9.17, 15) is 0 Å². The molecule has 0 fully saturated rings. The van der Waals surface area contributed by atoms with Crippen molar-refractivity contribution in [3.63, 3.8) is 0 Å². The molecule has 0 aliphatic carbocycles. The monoisotopic (exact) mass is 330 g/mol. The minimum Gasteiger partial charge on any atom is -0.324 e. The Morgan fingerprint density at radius 2 is 2.29 bits per heavy atom. The highest BCUT2D eigenvalue weighted by Crippen LogP contribution is 2.28. The molecule has 1 unspecified atom stereocenters. The third-order valence-corrected chi connectivity index (χ3v) is 4.36. The number of aromatic nitrogens is 1. The first-order valence-electron chi connectivity index (χ1n) is 5.18. The molecule has 0 saturated carbocycles. The number of hydrogen-bond donors (Lipinski definition) is 1. The Labute approximate surface area is 118 Å². The molecule has 90 valence electrons. The predicted octanol–water partition coefficient (Wildman–Crippen LogP) is 4.11. The van der Waals surface area contributed by atoms with Gasteiger partial charge in [0.2, 0.25) is 0 Å². The van der Waals surface area contributed by atoms with E-state index in [0.29, 0.717) is 5.02 Å². The zero-order chi connectivity index (χ0) is 12.4. The fourth-order valence-electron chi connectivity index (χ4n) is 1.59. The maximum absolute atomic E-state index is 6.18. The quantitative estimate of drug-likeness (QED) is 0.919. The minimum absolute atomic E-state index is 0.0892. The Bertz CT molecular complexity index is 527. The predicted molar refractivity (Wildman–Crippen MR) is 76.6 cm³/mol. The summed E-state index contributed by atoms with van der Waals surface area (Å²) in [5.41, 5.74) is 8.25. The lowest BCUT2D eigenvalue weighted by molar-refractivity contribution is 0.713. The summed E-state index contributed by atoms with van der Waals surface area (Å²) in [4.78, 5) is 4.42. The van der Waals surface area contributed by atoms with Gasteiger partial charge in [-0.05, 0) is 30.7 Å². The van der Waals surface area contributed by atoms with Crippen LogP contribution in [0.3, 0.4) is 0 Å². The Morgan fingerprint density at radius 1 is 1.53 bits per heavy atom. The van der Waals surface area contributed by atoms with Crippen LogP contribution in [0, 0.1) is 6.92 Å². The van der Waals surface area contributed by atoms with E-state index in [1.54, 1.807) is 11.3 Å². The molecule has 1 heterocycles. The maximum atomic E-state index is 6.18. The number of thiazole rings is 1. The molecule has 0 spiro atoms. The van der Waals surface area contributed by atoms with Gasteiger partial charge in [-0.25, -0.2) is 4.98 Å². The molecule has 1 atom stereocenters. The van der Waals surface area contributed by atoms with Gasteiger partial charge in [0.05, 0.1) is 5.01 Å². The lowest BCUT2D eigenvalue weighted by atomic mass is 10.1. The molecule has 0 radical (unpaired) electrons. The molecule has 2 aromatic rings. The van der Waals surface area contributed by atoms with E-state index in [1.165, 1.54) is 0 Å². The first-order chi connectivity index (χ1) is 8.06. The highest BCUT2D eigenvalue weighted by molar-refractivity contribution is 9.10. The normalized spacial score (nSPS) is 12.7. The number of aryl methyl sites for hydroxylation is 1. The average molecular weight is 332 g/mol. The molecule has 17 heavy (non-hydrogen) atoms. The van der Waals surface area contributed by atoms with Crippen molar-refractivity contribution in [2.45, 2.75) is 19.4 Å². The van der Waals surface area contributed by atoms with E-state index in [2.05, 4.69) is 20.9 Å². The summed E-state index contributed by atoms with van der Waals surface area (Å²) < 4.78 is 0.989. The summed E-state index contributed by atoms with van der Waals surface area (Å²) in [6, 6.07) is 5.57. The second kappa shape index (κ2) is 5.48. The van der Waals surface area contributed by atoms with E-state index < -0.39 is 0 Å². The van der Waals surface area contributed by atoms with Gasteiger partial charge in [-0.2, -0.15) is 0 Å². The lowest BCUT2D eigenvalue weighted by Gasteiger charge is -2.12. The van der Waals surface area contributed by atoms with Crippen molar-refractivity contribution in [1.82, 2.24) is 4.98 Å². The zero-order valence-corrected chi connectivity index (χ0v) is 12.4. The van der Waals surface area contributed by atoms with Crippen molar-refractivity contribution < 1.29 is 0 Å². The van der Waals surface area contributed by atoms with Crippen LogP contribution >= 0.6 is 38.9 Å². The van der Waals surface area contributed by atoms with Crippen LogP contribution in [0.25, 0.3) is 0 Å². The molecule has 0 bridgehead atoms. The van der Waals surface area contributed by atoms with Crippen molar-refractivity contribution >= 4 is 38.9 Å². The van der Waals surface area contributed by atoms with E-state index in [0.717, 1.165) is 27.2 Å². The topological polar surface area (TPSA) is 38.9 Å². The Balaban J connectivity index is 2.19. The van der Waals surface area contributed by atoms with Crippen LogP contribution in [0.15, 0.2) is 28.1 Å². The van der Waals surface area contributed by atoms with Crippen LogP contribution in [0.5, 0.6) is 0 Å². The summed E-state index contributed by atoms with van der Waals surface area (Å²) in [6.07, 6.45) is 0.734. The minimum atomic E-state index is -0.0892. The van der Waals surface area contributed by atoms with E-state index in [-0.39, 0.29) is 6.04 Å². The molecular weight excluding hydrogens is 320 g/mol. The fourth-order valence-corrected chi connectivity index (χ4v) is 3.15. The number of nitrogens with zero attached hydrogens (tertiary/aromatic N) is 1. The van der Waals surface area contributed by atoms with Gasteiger partial charge in [-0.3, -0.25) is 0 Å². The number of halogens is 2. The maximum Gasteiger partial charge on any atom is 0.0947 e. The average Bonchev–Trinajstić information content (AvgIpc) is 2.67. The number of hydrogen-bond acceptors (Lipinski definition) is 3. The van der Waals surface area contributed by atoms with Gasteiger partial charge < -0.3 is 5.73 Å². The third kappa shape index (κ3) is 3.28. The van der Waals surface area contributed by atoms with Crippen LogP contribution in [-0.2, 0) is 6.42 Å². The van der Waals surface area contributed by atoms with E-state index >= 15 is 0 Å². The summed E-state index contributed by atoms with van der Waals surface area (Å²) in [5, 5.41) is 3.80. The highest BCUT2D eigenvalue weighted by Gasteiger charge is 2.13. The molecule has 5 heteroatoms. The summed E-state index contributed by atoms with van der Waals surface area (Å²) in [6.45, 7) is 1.99. The van der Waals surface area contributed by atoms with Gasteiger partial charge in [-0.15, -0.1) is 11.3 Å². The van der Waals surface area contributed by atoms with Crippen LogP contribution in [0.2, 0.25) is 5.02 Å². The Kier molecular flexibility index (Phi) is 4.20. The number of nitrogens with two attached hydrogens (primary N) is 1. The van der Waals surface area contributed by atoms with Gasteiger partial charge in [0.25, 0.3) is 0 Å². The van der Waals surface area contributed by atoms with Gasteiger partial charge in [0.1, 0.15) is 0 Å². The molecule has 2 rings (SSSR count). The largest absolute Gasteiger partial charge is 0.324 e. The standard InChI is InChI=1S/C12H12BrClN2S/c1-7-6-17-12(16-7)5-11(15)9-4-8(14)2-3-10(9)13/h2-4,6,11H,5,15H2,1H3. The number of benzene rings is 1. The Morgan fingerprint density at radius 3 is 2.94 bits per heavy atom. The molecule has 1 aromatic carbocycles. The number of rotatable bonds is 3. The van der Waals surface area contributed by atoms with Crippen LogP contribution < -0.4 is 5.73 Å². The van der Waals surface area contributed by atoms with Crippen molar-refractivity contribution in [2.24, 2.45) is 5.73 Å². The molecule has 0 aliphatic heterocycles. The second-order valence-electron chi connectivity index (χ2n) is 3.86. The zero-order valence-electron chi connectivity index (χ0n) is 9.28. The lowest BCUT2D eigenvalue weighted by Crippen LogP contribution is -2.13. The van der Waals surface area contributed by atoms with Crippen molar-refractivity contribution in [1.29, 1.82) is 0 Å². The van der Waals surface area contributed by atoms with Crippen LogP contribution in [0.1, 0.15) is 22.3 Å². The molecular formula is C12H12BrClN2S. The van der Waals surface area contributed by atoms with Crippen molar-refractivity contribution in [3.8, 4) is 0 Å². The summed E-state index contributed by atoms with van der Waals surface area (Å²) >= 11 is 11.1. The van der Waals surface area contributed by atoms with E-state index in [4.69, 9.17) is 17.3 Å². The molecule has 0 amide bonds. The van der Waals surface area contributed by atoms with E-state index in [1.807, 2.05) is 30.5 Å². The van der Waals surface area contributed by atoms with Gasteiger partial charge in [0, 0.05) is 33.0 Å². The van der Waals surface area contributed by atoms with Crippen molar-refractivity contribution in [3.05, 3.63) is 49.3 Å². The fraction of sp³-hybridized carbons (Fsp3) is 0.250. The summed E-state index contributed by atoms with van der Waals surface area (Å²) in [5.74, 6) is 0. The van der Waals surface area contributed by atoms with Crippen LogP contribution in [-0.4, -0.2) is 4.98 Å². The first-order valence-corrected chi connectivity index (χ1v) is 7.23. The smallest absolute Gasteiger partial charge is 0.0947 e. The van der Waals surface area contributed by atoms with Crippen LogP contribution in [0.4, 0.5) is 0 Å². The molecule has 1 aromatic heterocycles. The molecule has 2 N–H and O–H groups in total. The third-order valence-electron chi connectivity index (χ3n) is 2.42. The van der Waals surface area contributed by atoms with Crippen molar-refractivity contribution in [2.75, 3.05) is 0 Å². The highest BCUT2D eigenvalue weighted by atomic mass is 79.9. The summed E-state index contributed by atoms with van der Waals surface area (Å²) in [7, 11) is 0. The molecule has 0 saturated heterocycles. The second-order valence-corrected chi connectivity index (χ2v) is 6.09. The molecule has 0 aliphatic rings. The van der Waals surface area contributed by atoms with Gasteiger partial charge >= 0.3 is 0 Å². The molecule has 2 nitrogen and oxygen atoms in total. The van der Waals surface area contributed by atoms with Gasteiger partial charge in [-0.1, -0.05) is 27.5 Å². The first kappa shape index (κ1) is 13.0. The SMILES string of the molecule is Cc1csc(CC(N)c2cc(Cl)ccc2Br)n1.